The molecule has 0 spiro atoms. The number of amides is 1. The van der Waals surface area contributed by atoms with Gasteiger partial charge in [-0.25, -0.2) is 4.79 Å². The van der Waals surface area contributed by atoms with Crippen LogP contribution >= 0.6 is 11.3 Å². The average molecular weight is 319 g/mol. The van der Waals surface area contributed by atoms with Crippen molar-refractivity contribution in [1.82, 2.24) is 4.90 Å². The molecular weight excluding hydrogens is 302 g/mol. The molecule has 0 unspecified atom stereocenters. The summed E-state index contributed by atoms with van der Waals surface area (Å²) in [5.41, 5.74) is 1.10. The van der Waals surface area contributed by atoms with Crippen LogP contribution < -0.4 is 4.74 Å². The molecule has 1 aromatic carbocycles. The zero-order chi connectivity index (χ0) is 16.3. The smallest absolute Gasteiger partial charge is 0.335 e. The number of rotatable bonds is 5. The molecule has 1 N–H and O–H groups in total. The van der Waals surface area contributed by atoms with Gasteiger partial charge in [0.2, 0.25) is 0 Å². The fourth-order valence-electron chi connectivity index (χ4n) is 2.06. The largest absolute Gasteiger partial charge is 0.495 e. The summed E-state index contributed by atoms with van der Waals surface area (Å²) in [6.07, 6.45) is 0. The van der Waals surface area contributed by atoms with Gasteiger partial charge in [0.05, 0.1) is 12.7 Å². The first-order chi connectivity index (χ1) is 10.4. The van der Waals surface area contributed by atoms with Crippen molar-refractivity contribution < 1.29 is 19.4 Å². The van der Waals surface area contributed by atoms with Gasteiger partial charge in [-0.2, -0.15) is 0 Å². The van der Waals surface area contributed by atoms with Gasteiger partial charge in [0.25, 0.3) is 5.91 Å². The second kappa shape index (κ2) is 6.62. The summed E-state index contributed by atoms with van der Waals surface area (Å²) < 4.78 is 5.23. The highest BCUT2D eigenvalue weighted by atomic mass is 32.1. The third kappa shape index (κ3) is 3.46. The summed E-state index contributed by atoms with van der Waals surface area (Å²) in [6.45, 7) is 2.33. The fourth-order valence-corrected chi connectivity index (χ4v) is 3.04. The highest BCUT2D eigenvalue weighted by molar-refractivity contribution is 7.14. The van der Waals surface area contributed by atoms with Crippen molar-refractivity contribution in [2.24, 2.45) is 0 Å². The molecule has 22 heavy (non-hydrogen) atoms. The Hall–Kier alpha value is -2.34. The summed E-state index contributed by atoms with van der Waals surface area (Å²) in [6, 6.07) is 8.33. The third-order valence-corrected chi connectivity index (χ3v) is 4.22. The molecule has 0 aliphatic heterocycles. The second-order valence-corrected chi connectivity index (χ2v) is 6.17. The van der Waals surface area contributed by atoms with E-state index in [9.17, 15) is 9.59 Å². The lowest BCUT2D eigenvalue weighted by Crippen LogP contribution is -2.25. The third-order valence-electron chi connectivity index (χ3n) is 3.20. The molecule has 0 radical (unpaired) electrons. The number of benzene rings is 1. The number of nitrogens with zero attached hydrogens (tertiary/aromatic N) is 1. The van der Waals surface area contributed by atoms with Crippen molar-refractivity contribution in [3.05, 3.63) is 51.2 Å². The molecule has 0 saturated heterocycles. The zero-order valence-electron chi connectivity index (χ0n) is 12.6. The Morgan fingerprint density at radius 1 is 1.27 bits per heavy atom. The first-order valence-corrected chi connectivity index (χ1v) is 7.46. The molecule has 1 aromatic heterocycles. The van der Waals surface area contributed by atoms with Crippen LogP contribution in [0, 0.1) is 6.92 Å². The molecule has 0 saturated carbocycles. The number of carboxylic acid groups (broad SMARTS) is 1. The Morgan fingerprint density at radius 2 is 1.91 bits per heavy atom. The van der Waals surface area contributed by atoms with Crippen LogP contribution in [0.1, 0.15) is 30.5 Å². The van der Waals surface area contributed by atoms with E-state index in [0.29, 0.717) is 17.2 Å². The molecule has 1 amide bonds. The van der Waals surface area contributed by atoms with Crippen molar-refractivity contribution in [2.45, 2.75) is 13.5 Å². The summed E-state index contributed by atoms with van der Waals surface area (Å²) in [5, 5.41) is 8.88. The summed E-state index contributed by atoms with van der Waals surface area (Å²) in [4.78, 5) is 26.5. The number of hydrogen-bond acceptors (Lipinski definition) is 4. The minimum Gasteiger partial charge on any atom is -0.495 e. The van der Waals surface area contributed by atoms with Crippen LogP contribution in [0.5, 0.6) is 5.75 Å². The number of thiophene rings is 1. The van der Waals surface area contributed by atoms with Gasteiger partial charge in [-0.3, -0.25) is 4.79 Å². The van der Waals surface area contributed by atoms with Gasteiger partial charge in [-0.05, 0) is 30.7 Å². The first kappa shape index (κ1) is 16.0. The first-order valence-electron chi connectivity index (χ1n) is 6.64. The van der Waals surface area contributed by atoms with Crippen molar-refractivity contribution in [1.29, 1.82) is 0 Å². The zero-order valence-corrected chi connectivity index (χ0v) is 13.4. The quantitative estimate of drug-likeness (QED) is 0.920. The lowest BCUT2D eigenvalue weighted by atomic mass is 10.1. The molecule has 116 valence electrons. The SMILES string of the molecule is COc1cc(C)sc1C(=O)N(C)Cc1ccc(C(=O)O)cc1. The molecule has 0 aliphatic rings. The number of carbonyl (C=O) groups excluding carboxylic acids is 1. The van der Waals surface area contributed by atoms with Gasteiger partial charge >= 0.3 is 5.97 Å². The average Bonchev–Trinajstić information content (AvgIpc) is 2.88. The van der Waals surface area contributed by atoms with Crippen LogP contribution in [-0.4, -0.2) is 36.0 Å². The minimum atomic E-state index is -0.963. The second-order valence-electron chi connectivity index (χ2n) is 4.92. The van der Waals surface area contributed by atoms with Crippen LogP contribution in [0.2, 0.25) is 0 Å². The van der Waals surface area contributed by atoms with E-state index in [2.05, 4.69) is 0 Å². The van der Waals surface area contributed by atoms with Crippen molar-refractivity contribution in [3.8, 4) is 5.75 Å². The van der Waals surface area contributed by atoms with E-state index in [1.54, 1.807) is 31.2 Å². The maximum atomic E-state index is 12.5. The molecule has 6 heteroatoms. The molecule has 5 nitrogen and oxygen atoms in total. The number of ether oxygens (including phenoxy) is 1. The molecule has 2 rings (SSSR count). The van der Waals surface area contributed by atoms with E-state index in [1.807, 2.05) is 13.0 Å². The Bertz CT molecular complexity index is 691. The van der Waals surface area contributed by atoms with E-state index in [4.69, 9.17) is 9.84 Å². The van der Waals surface area contributed by atoms with Crippen LogP contribution in [0.15, 0.2) is 30.3 Å². The summed E-state index contributed by atoms with van der Waals surface area (Å²) in [7, 11) is 3.25. The highest BCUT2D eigenvalue weighted by Crippen LogP contribution is 2.29. The molecule has 1 heterocycles. The maximum Gasteiger partial charge on any atom is 0.335 e. The Balaban J connectivity index is 2.12. The van der Waals surface area contributed by atoms with Gasteiger partial charge in [0.1, 0.15) is 10.6 Å². The Labute approximate surface area is 132 Å². The van der Waals surface area contributed by atoms with E-state index < -0.39 is 5.97 Å². The number of aryl methyl sites for hydroxylation is 1. The molecule has 0 fully saturated rings. The van der Waals surface area contributed by atoms with E-state index in [0.717, 1.165) is 10.4 Å². The maximum absolute atomic E-state index is 12.5. The lowest BCUT2D eigenvalue weighted by Gasteiger charge is -2.17. The Kier molecular flexibility index (Phi) is 4.82. The monoisotopic (exact) mass is 319 g/mol. The van der Waals surface area contributed by atoms with Crippen LogP contribution in [-0.2, 0) is 6.54 Å². The summed E-state index contributed by atoms with van der Waals surface area (Å²) >= 11 is 1.40. The van der Waals surface area contributed by atoms with Gasteiger partial charge < -0.3 is 14.7 Å². The highest BCUT2D eigenvalue weighted by Gasteiger charge is 2.19. The number of hydrogen-bond donors (Lipinski definition) is 1. The van der Waals surface area contributed by atoms with E-state index in [-0.39, 0.29) is 11.5 Å². The van der Waals surface area contributed by atoms with Crippen LogP contribution in [0.4, 0.5) is 0 Å². The molecule has 0 atom stereocenters. The predicted octanol–water partition coefficient (Wildman–Crippen LogP) is 3.04. The molecule has 0 aliphatic carbocycles. The Morgan fingerprint density at radius 3 is 2.45 bits per heavy atom. The van der Waals surface area contributed by atoms with E-state index in [1.165, 1.54) is 23.5 Å². The van der Waals surface area contributed by atoms with Crippen molar-refractivity contribution in [2.75, 3.05) is 14.2 Å². The molecule has 2 aromatic rings. The number of methoxy groups -OCH3 is 1. The lowest BCUT2D eigenvalue weighted by molar-refractivity contribution is 0.0695. The van der Waals surface area contributed by atoms with Crippen molar-refractivity contribution in [3.63, 3.8) is 0 Å². The van der Waals surface area contributed by atoms with Gasteiger partial charge in [0, 0.05) is 18.5 Å². The van der Waals surface area contributed by atoms with Gasteiger partial charge in [0.15, 0.2) is 0 Å². The number of aromatic carboxylic acids is 1. The van der Waals surface area contributed by atoms with E-state index >= 15 is 0 Å². The van der Waals surface area contributed by atoms with Crippen molar-refractivity contribution >= 4 is 23.2 Å². The minimum absolute atomic E-state index is 0.114. The van der Waals surface area contributed by atoms with Gasteiger partial charge in [-0.15, -0.1) is 11.3 Å². The molecule has 0 bridgehead atoms. The topological polar surface area (TPSA) is 66.8 Å². The molecular formula is C16H17NO4S. The van der Waals surface area contributed by atoms with Gasteiger partial charge in [-0.1, -0.05) is 12.1 Å². The predicted molar refractivity (Wildman–Crippen MR) is 84.8 cm³/mol. The number of carbonyl (C=O) groups is 2. The number of carboxylic acids is 1. The normalized spacial score (nSPS) is 10.3. The van der Waals surface area contributed by atoms with Crippen LogP contribution in [0.25, 0.3) is 0 Å². The van der Waals surface area contributed by atoms with Crippen LogP contribution in [0.3, 0.4) is 0 Å². The fraction of sp³-hybridized carbons (Fsp3) is 0.250. The standard InChI is InChI=1S/C16H17NO4S/c1-10-8-13(21-3)14(22-10)15(18)17(2)9-11-4-6-12(7-5-11)16(19)20/h4-8H,9H2,1-3H3,(H,19,20). The summed E-state index contributed by atoms with van der Waals surface area (Å²) in [5.74, 6) is -0.493.